The lowest BCUT2D eigenvalue weighted by atomic mass is 10.1. The number of carbonyl (C=O) groups is 1. The summed E-state index contributed by atoms with van der Waals surface area (Å²) in [4.78, 5) is 12.3. The van der Waals surface area contributed by atoms with Gasteiger partial charge in [0.1, 0.15) is 0 Å². The van der Waals surface area contributed by atoms with E-state index in [2.05, 4.69) is 5.32 Å². The number of hydrogen-bond acceptors (Lipinski definition) is 4. The predicted octanol–water partition coefficient (Wildman–Crippen LogP) is 2.43. The number of rotatable bonds is 5. The third kappa shape index (κ3) is 4.24. The lowest BCUT2D eigenvalue weighted by Crippen LogP contribution is -2.35. The van der Waals surface area contributed by atoms with E-state index < -0.39 is 15.9 Å². The first-order valence-electron chi connectivity index (χ1n) is 7.58. The molecule has 0 aliphatic heterocycles. The molecule has 2 rings (SSSR count). The van der Waals surface area contributed by atoms with Gasteiger partial charge in [-0.05, 0) is 49.2 Å². The first-order chi connectivity index (χ1) is 11.8. The van der Waals surface area contributed by atoms with Gasteiger partial charge in [-0.25, -0.2) is 8.42 Å². The molecule has 25 heavy (non-hydrogen) atoms. The lowest BCUT2D eigenvalue weighted by molar-refractivity contribution is -0.116. The number of nitrogens with zero attached hydrogens (tertiary/aromatic N) is 2. The fourth-order valence-electron chi connectivity index (χ4n) is 2.36. The molecule has 1 amide bonds. The largest absolute Gasteiger partial charge is 0.324 e. The van der Waals surface area contributed by atoms with Gasteiger partial charge in [0.15, 0.2) is 0 Å². The summed E-state index contributed by atoms with van der Waals surface area (Å²) < 4.78 is 26.0. The van der Waals surface area contributed by atoms with Crippen LogP contribution in [0.3, 0.4) is 0 Å². The molecular formula is C18H19N3O3S. The molecule has 0 saturated heterocycles. The lowest BCUT2D eigenvalue weighted by Gasteiger charge is -2.18. The summed E-state index contributed by atoms with van der Waals surface area (Å²) in [5.41, 5.74) is 2.88. The molecule has 0 atom stereocenters. The topological polar surface area (TPSA) is 90.3 Å². The van der Waals surface area contributed by atoms with E-state index in [4.69, 9.17) is 5.26 Å². The van der Waals surface area contributed by atoms with Crippen LogP contribution in [0.25, 0.3) is 0 Å². The Morgan fingerprint density at radius 1 is 1.12 bits per heavy atom. The van der Waals surface area contributed by atoms with Crippen molar-refractivity contribution in [3.05, 3.63) is 59.2 Å². The molecule has 0 radical (unpaired) electrons. The highest BCUT2D eigenvalue weighted by atomic mass is 32.2. The maximum absolute atomic E-state index is 12.5. The van der Waals surface area contributed by atoms with Crippen molar-refractivity contribution in [1.82, 2.24) is 4.31 Å². The zero-order chi connectivity index (χ0) is 18.6. The second-order valence-electron chi connectivity index (χ2n) is 5.71. The van der Waals surface area contributed by atoms with Crippen LogP contribution in [-0.2, 0) is 14.8 Å². The van der Waals surface area contributed by atoms with Gasteiger partial charge in [-0.1, -0.05) is 18.2 Å². The van der Waals surface area contributed by atoms with Gasteiger partial charge in [0.25, 0.3) is 0 Å². The third-order valence-electron chi connectivity index (χ3n) is 3.80. The highest BCUT2D eigenvalue weighted by molar-refractivity contribution is 7.89. The summed E-state index contributed by atoms with van der Waals surface area (Å²) in [7, 11) is -2.46. The number of anilines is 1. The second-order valence-corrected chi connectivity index (χ2v) is 7.76. The van der Waals surface area contributed by atoms with E-state index in [1.54, 1.807) is 0 Å². The molecule has 0 aromatic heterocycles. The highest BCUT2D eigenvalue weighted by Gasteiger charge is 2.23. The molecule has 0 saturated carbocycles. The molecule has 0 aliphatic carbocycles. The maximum atomic E-state index is 12.5. The van der Waals surface area contributed by atoms with Gasteiger partial charge in [0.2, 0.25) is 15.9 Å². The first-order valence-corrected chi connectivity index (χ1v) is 9.02. The van der Waals surface area contributed by atoms with Crippen molar-refractivity contribution >= 4 is 21.6 Å². The van der Waals surface area contributed by atoms with Crippen molar-refractivity contribution in [2.24, 2.45) is 0 Å². The molecule has 0 heterocycles. The van der Waals surface area contributed by atoms with E-state index >= 15 is 0 Å². The first kappa shape index (κ1) is 18.6. The second kappa shape index (κ2) is 7.47. The Kier molecular flexibility index (Phi) is 5.57. The Morgan fingerprint density at radius 3 is 2.20 bits per heavy atom. The van der Waals surface area contributed by atoms with Crippen LogP contribution >= 0.6 is 0 Å². The average Bonchev–Trinajstić information content (AvgIpc) is 2.58. The molecular weight excluding hydrogens is 338 g/mol. The summed E-state index contributed by atoms with van der Waals surface area (Å²) in [5.74, 6) is -0.419. The number of hydrogen-bond donors (Lipinski definition) is 1. The number of amides is 1. The molecule has 0 aliphatic rings. The van der Waals surface area contributed by atoms with Crippen molar-refractivity contribution in [1.29, 1.82) is 5.26 Å². The van der Waals surface area contributed by atoms with Gasteiger partial charge in [-0.3, -0.25) is 4.79 Å². The van der Waals surface area contributed by atoms with E-state index in [0.29, 0.717) is 11.3 Å². The Morgan fingerprint density at radius 2 is 1.68 bits per heavy atom. The van der Waals surface area contributed by atoms with Crippen LogP contribution in [0.2, 0.25) is 0 Å². The van der Waals surface area contributed by atoms with E-state index in [1.807, 2.05) is 38.1 Å². The molecule has 1 N–H and O–H groups in total. The summed E-state index contributed by atoms with van der Waals surface area (Å²) >= 11 is 0. The zero-order valence-corrected chi connectivity index (χ0v) is 15.1. The number of sulfonamides is 1. The monoisotopic (exact) mass is 357 g/mol. The summed E-state index contributed by atoms with van der Waals surface area (Å²) in [6.45, 7) is 3.44. The SMILES string of the molecule is Cc1cccc(C)c1NC(=O)CN(C)S(=O)(=O)c1ccc(C#N)cc1. The van der Waals surface area contributed by atoms with Gasteiger partial charge in [-0.2, -0.15) is 9.57 Å². The smallest absolute Gasteiger partial charge is 0.243 e. The molecule has 0 bridgehead atoms. The predicted molar refractivity (Wildman–Crippen MR) is 95.5 cm³/mol. The number of benzene rings is 2. The number of nitrogens with one attached hydrogen (secondary N) is 1. The van der Waals surface area contributed by atoms with Crippen LogP contribution in [0, 0.1) is 25.2 Å². The van der Waals surface area contributed by atoms with E-state index in [-0.39, 0.29) is 11.4 Å². The molecule has 0 fully saturated rings. The number of nitriles is 1. The van der Waals surface area contributed by atoms with Crippen LogP contribution in [-0.4, -0.2) is 32.2 Å². The standard InChI is InChI=1S/C18H19N3O3S/c1-13-5-4-6-14(2)18(13)20-17(22)12-21(3)25(23,24)16-9-7-15(11-19)8-10-16/h4-10H,12H2,1-3H3,(H,20,22). The molecule has 0 spiro atoms. The van der Waals surface area contributed by atoms with E-state index in [9.17, 15) is 13.2 Å². The molecule has 0 unspecified atom stereocenters. The fraction of sp³-hybridized carbons (Fsp3) is 0.222. The zero-order valence-electron chi connectivity index (χ0n) is 14.3. The highest BCUT2D eigenvalue weighted by Crippen LogP contribution is 2.20. The van der Waals surface area contributed by atoms with E-state index in [0.717, 1.165) is 15.4 Å². The summed E-state index contributed by atoms with van der Waals surface area (Å²) in [6, 6.07) is 13.1. The Bertz CT molecular complexity index is 909. The minimum atomic E-state index is -3.81. The van der Waals surface area contributed by atoms with Crippen molar-refractivity contribution in [2.45, 2.75) is 18.7 Å². The quantitative estimate of drug-likeness (QED) is 0.890. The molecule has 2 aromatic carbocycles. The fourth-order valence-corrected chi connectivity index (χ4v) is 3.49. The van der Waals surface area contributed by atoms with Crippen LogP contribution in [0.1, 0.15) is 16.7 Å². The Balaban J connectivity index is 2.13. The number of aryl methyl sites for hydroxylation is 2. The van der Waals surface area contributed by atoms with Crippen molar-refractivity contribution < 1.29 is 13.2 Å². The molecule has 2 aromatic rings. The Hall–Kier alpha value is -2.69. The van der Waals surface area contributed by atoms with Gasteiger partial charge in [0, 0.05) is 12.7 Å². The van der Waals surface area contributed by atoms with Gasteiger partial charge >= 0.3 is 0 Å². The van der Waals surface area contributed by atoms with E-state index in [1.165, 1.54) is 31.3 Å². The van der Waals surface area contributed by atoms with Gasteiger partial charge < -0.3 is 5.32 Å². The molecule has 130 valence electrons. The summed E-state index contributed by atoms with van der Waals surface area (Å²) in [6.07, 6.45) is 0. The molecule has 6 nitrogen and oxygen atoms in total. The Labute approximate surface area is 147 Å². The van der Waals surface area contributed by atoms with Crippen LogP contribution in [0.5, 0.6) is 0 Å². The normalized spacial score (nSPS) is 11.2. The maximum Gasteiger partial charge on any atom is 0.243 e. The van der Waals surface area contributed by atoms with Crippen LogP contribution < -0.4 is 5.32 Å². The third-order valence-corrected chi connectivity index (χ3v) is 5.62. The van der Waals surface area contributed by atoms with Crippen LogP contribution in [0.4, 0.5) is 5.69 Å². The van der Waals surface area contributed by atoms with Crippen LogP contribution in [0.15, 0.2) is 47.4 Å². The van der Waals surface area contributed by atoms with Crippen molar-refractivity contribution in [3.8, 4) is 6.07 Å². The minimum Gasteiger partial charge on any atom is -0.324 e. The number of likely N-dealkylation sites (N-methyl/N-ethyl adjacent to an activating group) is 1. The minimum absolute atomic E-state index is 0.0360. The summed E-state index contributed by atoms with van der Waals surface area (Å²) in [5, 5.41) is 11.5. The number of carbonyl (C=O) groups excluding carboxylic acids is 1. The van der Waals surface area contributed by atoms with Crippen molar-refractivity contribution in [2.75, 3.05) is 18.9 Å². The average molecular weight is 357 g/mol. The number of para-hydroxylation sites is 1. The van der Waals surface area contributed by atoms with Gasteiger partial charge in [0.05, 0.1) is 23.1 Å². The van der Waals surface area contributed by atoms with Gasteiger partial charge in [-0.15, -0.1) is 0 Å². The van der Waals surface area contributed by atoms with Crippen molar-refractivity contribution in [3.63, 3.8) is 0 Å². The molecule has 7 heteroatoms.